The lowest BCUT2D eigenvalue weighted by atomic mass is 10.1. The molecule has 0 unspecified atom stereocenters. The Hall–Kier alpha value is -1.82. The maximum atomic E-state index is 5.34. The highest BCUT2D eigenvalue weighted by Crippen LogP contribution is 2.33. The zero-order valence-electron chi connectivity index (χ0n) is 13.2. The summed E-state index contributed by atoms with van der Waals surface area (Å²) in [5.74, 6) is 2.58. The van der Waals surface area contributed by atoms with Crippen LogP contribution < -0.4 is 14.8 Å². The molecule has 1 aromatic carbocycles. The molecule has 2 rings (SSSR count). The van der Waals surface area contributed by atoms with Crippen molar-refractivity contribution in [3.63, 3.8) is 0 Å². The first-order chi connectivity index (χ1) is 10.5. The van der Waals surface area contributed by atoms with Crippen LogP contribution in [-0.2, 0) is 6.54 Å². The van der Waals surface area contributed by atoms with E-state index in [1.165, 1.54) is 0 Å². The summed E-state index contributed by atoms with van der Waals surface area (Å²) in [6.45, 7) is 4.84. The molecule has 1 N–H and O–H groups in total. The molecule has 22 heavy (non-hydrogen) atoms. The van der Waals surface area contributed by atoms with Gasteiger partial charge in [-0.3, -0.25) is 0 Å². The van der Waals surface area contributed by atoms with Gasteiger partial charge in [0.1, 0.15) is 12.1 Å². The Kier molecular flexibility index (Phi) is 5.60. The van der Waals surface area contributed by atoms with Crippen LogP contribution in [0.15, 0.2) is 29.0 Å². The highest BCUT2D eigenvalue weighted by Gasteiger charge is 2.10. The SMILES string of the molecule is COc1cc(Br)c(CNc2cc(C(C)C)ncn2)cc1OC. The molecule has 2 aromatic rings. The minimum atomic E-state index is 0.372. The van der Waals surface area contributed by atoms with Gasteiger partial charge >= 0.3 is 0 Å². The van der Waals surface area contributed by atoms with Gasteiger partial charge in [0.15, 0.2) is 11.5 Å². The normalized spacial score (nSPS) is 10.6. The average Bonchev–Trinajstić information content (AvgIpc) is 2.53. The van der Waals surface area contributed by atoms with E-state index in [1.807, 2.05) is 18.2 Å². The number of anilines is 1. The van der Waals surface area contributed by atoms with Crippen molar-refractivity contribution in [2.45, 2.75) is 26.3 Å². The summed E-state index contributed by atoms with van der Waals surface area (Å²) in [6.07, 6.45) is 1.58. The summed E-state index contributed by atoms with van der Waals surface area (Å²) in [7, 11) is 3.25. The lowest BCUT2D eigenvalue weighted by Crippen LogP contribution is -2.05. The monoisotopic (exact) mass is 365 g/mol. The number of ether oxygens (including phenoxy) is 2. The van der Waals surface area contributed by atoms with Crippen LogP contribution in [0.5, 0.6) is 11.5 Å². The van der Waals surface area contributed by atoms with E-state index in [9.17, 15) is 0 Å². The van der Waals surface area contributed by atoms with Gasteiger partial charge in [0, 0.05) is 22.8 Å². The largest absolute Gasteiger partial charge is 0.493 e. The lowest BCUT2D eigenvalue weighted by molar-refractivity contribution is 0.354. The molecular formula is C16H20BrN3O2. The number of hydrogen-bond donors (Lipinski definition) is 1. The van der Waals surface area contributed by atoms with Gasteiger partial charge in [0.25, 0.3) is 0 Å². The van der Waals surface area contributed by atoms with Crippen LogP contribution in [0.1, 0.15) is 31.0 Å². The van der Waals surface area contributed by atoms with Crippen LogP contribution in [-0.4, -0.2) is 24.2 Å². The van der Waals surface area contributed by atoms with Crippen LogP contribution in [0.4, 0.5) is 5.82 Å². The van der Waals surface area contributed by atoms with E-state index >= 15 is 0 Å². The number of aromatic nitrogens is 2. The topological polar surface area (TPSA) is 56.3 Å². The Labute approximate surface area is 139 Å². The number of nitrogens with one attached hydrogen (secondary N) is 1. The van der Waals surface area contributed by atoms with Gasteiger partial charge in [0.2, 0.25) is 0 Å². The van der Waals surface area contributed by atoms with Crippen molar-refractivity contribution in [2.75, 3.05) is 19.5 Å². The third-order valence-electron chi connectivity index (χ3n) is 3.29. The van der Waals surface area contributed by atoms with Gasteiger partial charge in [-0.25, -0.2) is 9.97 Å². The third-order valence-corrected chi connectivity index (χ3v) is 4.03. The second-order valence-corrected chi connectivity index (χ2v) is 5.99. The molecule has 0 radical (unpaired) electrons. The van der Waals surface area contributed by atoms with Gasteiger partial charge in [-0.05, 0) is 23.6 Å². The molecule has 0 atom stereocenters. The first-order valence-electron chi connectivity index (χ1n) is 7.01. The van der Waals surface area contributed by atoms with Crippen molar-refractivity contribution in [3.05, 3.63) is 40.3 Å². The van der Waals surface area contributed by atoms with Crippen molar-refractivity contribution in [1.29, 1.82) is 0 Å². The Morgan fingerprint density at radius 2 is 1.77 bits per heavy atom. The molecule has 0 aliphatic heterocycles. The van der Waals surface area contributed by atoms with Crippen LogP contribution in [0.3, 0.4) is 0 Å². The van der Waals surface area contributed by atoms with Gasteiger partial charge in [-0.1, -0.05) is 29.8 Å². The van der Waals surface area contributed by atoms with Crippen molar-refractivity contribution >= 4 is 21.7 Å². The van der Waals surface area contributed by atoms with Crippen LogP contribution in [0, 0.1) is 0 Å². The predicted octanol–water partition coefficient (Wildman–Crippen LogP) is 3.99. The second-order valence-electron chi connectivity index (χ2n) is 5.13. The molecule has 0 saturated heterocycles. The Balaban J connectivity index is 2.16. The molecule has 118 valence electrons. The fourth-order valence-electron chi connectivity index (χ4n) is 2.00. The molecule has 0 spiro atoms. The maximum Gasteiger partial charge on any atom is 0.161 e. The van der Waals surface area contributed by atoms with Crippen molar-refractivity contribution in [3.8, 4) is 11.5 Å². The van der Waals surface area contributed by atoms with Gasteiger partial charge in [-0.15, -0.1) is 0 Å². The van der Waals surface area contributed by atoms with Crippen LogP contribution >= 0.6 is 15.9 Å². The van der Waals surface area contributed by atoms with Crippen LogP contribution in [0.25, 0.3) is 0 Å². The molecule has 0 aliphatic rings. The number of methoxy groups -OCH3 is 2. The van der Waals surface area contributed by atoms with Gasteiger partial charge in [-0.2, -0.15) is 0 Å². The van der Waals surface area contributed by atoms with Gasteiger partial charge in [0.05, 0.1) is 14.2 Å². The Morgan fingerprint density at radius 1 is 1.09 bits per heavy atom. The lowest BCUT2D eigenvalue weighted by Gasteiger charge is -2.13. The molecule has 0 fully saturated rings. The smallest absolute Gasteiger partial charge is 0.161 e. The molecule has 6 heteroatoms. The average molecular weight is 366 g/mol. The molecule has 0 amide bonds. The first-order valence-corrected chi connectivity index (χ1v) is 7.80. The number of halogens is 1. The maximum absolute atomic E-state index is 5.34. The minimum Gasteiger partial charge on any atom is -0.493 e. The number of nitrogens with zero attached hydrogens (tertiary/aromatic N) is 2. The molecule has 1 heterocycles. The summed E-state index contributed by atoms with van der Waals surface area (Å²) >= 11 is 3.55. The van der Waals surface area contributed by atoms with E-state index in [-0.39, 0.29) is 0 Å². The third kappa shape index (κ3) is 3.88. The van der Waals surface area contributed by atoms with Crippen molar-refractivity contribution in [2.24, 2.45) is 0 Å². The quantitative estimate of drug-likeness (QED) is 0.838. The summed E-state index contributed by atoms with van der Waals surface area (Å²) in [4.78, 5) is 8.51. The summed E-state index contributed by atoms with van der Waals surface area (Å²) in [5, 5.41) is 3.31. The van der Waals surface area contributed by atoms with E-state index in [1.54, 1.807) is 20.5 Å². The molecular weight excluding hydrogens is 346 g/mol. The molecule has 0 aliphatic carbocycles. The van der Waals surface area contributed by atoms with E-state index in [0.29, 0.717) is 24.0 Å². The highest BCUT2D eigenvalue weighted by atomic mass is 79.9. The molecule has 0 bridgehead atoms. The number of rotatable bonds is 6. The van der Waals surface area contributed by atoms with E-state index < -0.39 is 0 Å². The fraction of sp³-hybridized carbons (Fsp3) is 0.375. The zero-order chi connectivity index (χ0) is 16.1. The molecule has 5 nitrogen and oxygen atoms in total. The standard InChI is InChI=1S/C16H20BrN3O2/c1-10(2)13-7-16(20-9-19-13)18-8-11-5-14(21-3)15(22-4)6-12(11)17/h5-7,9-10H,8H2,1-4H3,(H,18,19,20). The van der Waals surface area contributed by atoms with Crippen molar-refractivity contribution < 1.29 is 9.47 Å². The number of hydrogen-bond acceptors (Lipinski definition) is 5. The molecule has 0 saturated carbocycles. The predicted molar refractivity (Wildman–Crippen MR) is 90.7 cm³/mol. The van der Waals surface area contributed by atoms with E-state index in [0.717, 1.165) is 21.5 Å². The van der Waals surface area contributed by atoms with Crippen molar-refractivity contribution in [1.82, 2.24) is 9.97 Å². The first kappa shape index (κ1) is 16.5. The summed E-state index contributed by atoms with van der Waals surface area (Å²) < 4.78 is 11.6. The molecule has 1 aromatic heterocycles. The number of benzene rings is 1. The highest BCUT2D eigenvalue weighted by molar-refractivity contribution is 9.10. The Morgan fingerprint density at radius 3 is 2.41 bits per heavy atom. The second kappa shape index (κ2) is 7.45. The fourth-order valence-corrected chi connectivity index (χ4v) is 2.46. The summed E-state index contributed by atoms with van der Waals surface area (Å²) in [6, 6.07) is 5.81. The zero-order valence-corrected chi connectivity index (χ0v) is 14.8. The van der Waals surface area contributed by atoms with Crippen LogP contribution in [0.2, 0.25) is 0 Å². The van der Waals surface area contributed by atoms with E-state index in [2.05, 4.69) is 45.1 Å². The minimum absolute atomic E-state index is 0.372. The van der Waals surface area contributed by atoms with Gasteiger partial charge < -0.3 is 14.8 Å². The Bertz CT molecular complexity index is 647. The summed E-state index contributed by atoms with van der Waals surface area (Å²) in [5.41, 5.74) is 2.08. The van der Waals surface area contributed by atoms with E-state index in [4.69, 9.17) is 9.47 Å².